The third-order valence-electron chi connectivity index (χ3n) is 15.7. The number of hydrogen-bond acceptors (Lipinski definition) is 2. The molecule has 0 aromatic heterocycles. The van der Waals surface area contributed by atoms with Gasteiger partial charge in [0.15, 0.2) is 4.30 Å². The molecule has 6 aliphatic rings. The van der Waals surface area contributed by atoms with Crippen molar-refractivity contribution in [3.05, 3.63) is 171 Å². The summed E-state index contributed by atoms with van der Waals surface area (Å²) in [5.74, 6) is 0. The van der Waals surface area contributed by atoms with E-state index in [1.807, 2.05) is 0 Å². The van der Waals surface area contributed by atoms with Crippen molar-refractivity contribution in [2.45, 2.75) is 120 Å². The third kappa shape index (κ3) is 5.51. The topological polar surface area (TPSA) is 6.48 Å². The first-order valence-electron chi connectivity index (χ1n) is 21.7. The molecule has 0 spiro atoms. The Morgan fingerprint density at radius 3 is 0.661 bits per heavy atom. The molecule has 6 aliphatic heterocycles. The lowest BCUT2D eigenvalue weighted by Gasteiger charge is -2.55. The van der Waals surface area contributed by atoms with E-state index in [4.69, 9.17) is 34.8 Å². The molecule has 0 bridgehead atoms. The number of benzene rings is 6. The van der Waals surface area contributed by atoms with E-state index in [9.17, 15) is 0 Å². The van der Waals surface area contributed by atoms with Gasteiger partial charge in [-0.3, -0.25) is 0 Å². The maximum absolute atomic E-state index is 4.81. The first kappa shape index (κ1) is 43.2. The van der Waals surface area contributed by atoms with Crippen LogP contribution in [0.1, 0.15) is 150 Å². The maximum atomic E-state index is 4.81. The molecule has 0 amide bonds. The van der Waals surface area contributed by atoms with Gasteiger partial charge < -0.3 is 9.80 Å². The number of anilines is 6. The predicted molar refractivity (Wildman–Crippen MR) is 282 cm³/mol. The average Bonchev–Trinajstić information content (AvgIpc) is 3.19. The monoisotopic (exact) mass is 1100 g/mol. The summed E-state index contributed by atoms with van der Waals surface area (Å²) in [6, 6.07) is 37.5. The van der Waals surface area contributed by atoms with E-state index >= 15 is 0 Å². The van der Waals surface area contributed by atoms with Gasteiger partial charge >= 0.3 is 0 Å². The zero-order valence-corrected chi connectivity index (χ0v) is 44.2. The fourth-order valence-corrected chi connectivity index (χ4v) is 13.5. The Kier molecular flexibility index (Phi) is 9.50. The van der Waals surface area contributed by atoms with Crippen LogP contribution in [-0.2, 0) is 32.5 Å². The molecule has 0 atom stereocenters. The number of alkyl halides is 3. The number of rotatable bonds is 0. The average molecular weight is 1100 g/mol. The summed E-state index contributed by atoms with van der Waals surface area (Å²) in [5, 5.41) is 0. The molecule has 6 aromatic rings. The van der Waals surface area contributed by atoms with Crippen LogP contribution in [-0.4, -0.2) is 4.30 Å². The van der Waals surface area contributed by atoms with Crippen molar-refractivity contribution >= 4 is 114 Å². The van der Waals surface area contributed by atoms with E-state index in [0.717, 1.165) is 0 Å². The van der Waals surface area contributed by atoms with Crippen LogP contribution in [0.3, 0.4) is 0 Å². The second kappa shape index (κ2) is 13.7. The Labute approximate surface area is 411 Å². The Bertz CT molecular complexity index is 2630. The van der Waals surface area contributed by atoms with E-state index in [-0.39, 0.29) is 32.5 Å². The summed E-state index contributed by atoms with van der Waals surface area (Å²) in [6.07, 6.45) is 0. The minimum Gasteiger partial charge on any atom is -0.309 e. The van der Waals surface area contributed by atoms with Gasteiger partial charge in [0.25, 0.3) is 0 Å². The highest BCUT2D eigenvalue weighted by Gasteiger charge is 2.53. The zero-order valence-electron chi connectivity index (χ0n) is 37.6. The molecule has 0 saturated carbocycles. The quantitative estimate of drug-likeness (QED) is 0.110. The van der Waals surface area contributed by atoms with Crippen LogP contribution in [0.2, 0.25) is 0 Å². The number of para-hydroxylation sites is 4. The highest BCUT2D eigenvalue weighted by atomic mass is 127. The SMILES string of the molecule is CC1(C)c2cccc3c2N2c4c1cc(I)cc4C(C)(C)c1cc(I)cc(c12)C3(C)C.CC1(C)c2cccc3c2N2c4c1cccc4C(C)(C)c1cccc(c12)C3(C)C.ClC(Cl)Cl. The van der Waals surface area contributed by atoms with E-state index in [2.05, 4.69) is 235 Å². The fraction of sp³-hybridized carbons (Fsp3) is 0.345. The van der Waals surface area contributed by atoms with Crippen molar-refractivity contribution < 1.29 is 0 Å². The van der Waals surface area contributed by atoms with Gasteiger partial charge in [0.2, 0.25) is 0 Å². The van der Waals surface area contributed by atoms with Gasteiger partial charge in [-0.2, -0.15) is 0 Å². The molecule has 0 radical (unpaired) electrons. The van der Waals surface area contributed by atoms with E-state index in [1.54, 1.807) is 0 Å². The van der Waals surface area contributed by atoms with Gasteiger partial charge in [0.1, 0.15) is 0 Å². The molecule has 7 heteroatoms. The van der Waals surface area contributed by atoms with E-state index < -0.39 is 4.30 Å². The number of halogens is 5. The summed E-state index contributed by atoms with van der Waals surface area (Å²) in [7, 11) is 0. The molecule has 318 valence electrons. The smallest absolute Gasteiger partial charge is 0.180 e. The Balaban J connectivity index is 0.000000137. The summed E-state index contributed by atoms with van der Waals surface area (Å²) >= 11 is 19.4. The molecule has 0 saturated heterocycles. The van der Waals surface area contributed by atoms with Crippen molar-refractivity contribution in [3.8, 4) is 0 Å². The van der Waals surface area contributed by atoms with Crippen molar-refractivity contribution in [2.24, 2.45) is 0 Å². The van der Waals surface area contributed by atoms with Gasteiger partial charge in [0, 0.05) is 39.6 Å². The molecular weight excluding hydrogens is 1050 g/mol. The molecule has 0 unspecified atom stereocenters. The van der Waals surface area contributed by atoms with Crippen LogP contribution in [0.5, 0.6) is 0 Å². The Morgan fingerprint density at radius 2 is 0.468 bits per heavy atom. The van der Waals surface area contributed by atoms with Gasteiger partial charge in [-0.1, -0.05) is 191 Å². The number of hydrogen-bond donors (Lipinski definition) is 0. The molecule has 0 aliphatic carbocycles. The second-order valence-electron chi connectivity index (χ2n) is 21.2. The lowest BCUT2D eigenvalue weighted by atomic mass is 9.61. The van der Waals surface area contributed by atoms with Gasteiger partial charge in [0.05, 0.1) is 34.1 Å². The van der Waals surface area contributed by atoms with Crippen LogP contribution in [0.4, 0.5) is 34.1 Å². The van der Waals surface area contributed by atoms with E-state index in [1.165, 1.54) is 108 Å². The van der Waals surface area contributed by atoms with Crippen LogP contribution < -0.4 is 9.80 Å². The fourth-order valence-electron chi connectivity index (χ4n) is 12.3. The molecule has 0 N–H and O–H groups in total. The van der Waals surface area contributed by atoms with Crippen molar-refractivity contribution in [1.82, 2.24) is 0 Å². The van der Waals surface area contributed by atoms with Crippen LogP contribution in [0.25, 0.3) is 0 Å². The van der Waals surface area contributed by atoms with Crippen LogP contribution in [0.15, 0.2) is 97.1 Å². The summed E-state index contributed by atoms with van der Waals surface area (Å²) in [5.41, 5.74) is 25.8. The summed E-state index contributed by atoms with van der Waals surface area (Å²) < 4.78 is 1.91. The Morgan fingerprint density at radius 1 is 0.323 bits per heavy atom. The highest BCUT2D eigenvalue weighted by molar-refractivity contribution is 14.1. The largest absolute Gasteiger partial charge is 0.309 e. The minimum atomic E-state index is -0.750. The van der Waals surface area contributed by atoms with E-state index in [0.29, 0.717) is 0 Å². The maximum Gasteiger partial charge on any atom is 0.180 e. The highest BCUT2D eigenvalue weighted by Crippen LogP contribution is 2.68. The molecule has 62 heavy (non-hydrogen) atoms. The van der Waals surface area contributed by atoms with Crippen LogP contribution in [0, 0.1) is 7.14 Å². The van der Waals surface area contributed by atoms with Crippen molar-refractivity contribution in [2.75, 3.05) is 9.80 Å². The predicted octanol–water partition coefficient (Wildman–Crippen LogP) is 17.3. The Hall–Kier alpha value is -2.75. The van der Waals surface area contributed by atoms with Crippen molar-refractivity contribution in [3.63, 3.8) is 0 Å². The third-order valence-corrected chi connectivity index (χ3v) is 17.0. The zero-order chi connectivity index (χ0) is 44.6. The van der Waals surface area contributed by atoms with Crippen molar-refractivity contribution in [1.29, 1.82) is 0 Å². The first-order chi connectivity index (χ1) is 28.9. The van der Waals surface area contributed by atoms with Gasteiger partial charge in [-0.25, -0.2) is 0 Å². The molecule has 6 aromatic carbocycles. The molecular formula is C55H53Cl3I2N2. The molecule has 6 heterocycles. The molecule has 12 rings (SSSR count). The summed E-state index contributed by atoms with van der Waals surface area (Å²) in [4.78, 5) is 5.25. The lowest BCUT2D eigenvalue weighted by molar-refractivity contribution is 0.565. The first-order valence-corrected chi connectivity index (χ1v) is 25.1. The lowest BCUT2D eigenvalue weighted by Crippen LogP contribution is -2.43. The molecule has 2 nitrogen and oxygen atoms in total. The minimum absolute atomic E-state index is 0.0108. The normalized spacial score (nSPS) is 19.6. The second-order valence-corrected chi connectivity index (χ2v) is 25.6. The van der Waals surface area contributed by atoms with Gasteiger partial charge in [-0.05, 0) is 136 Å². The van der Waals surface area contributed by atoms with Crippen LogP contribution >= 0.6 is 80.0 Å². The number of nitrogens with zero attached hydrogens (tertiary/aromatic N) is 2. The standard InChI is InChI=1S/C27H25I2N.C27H27N.CHCl3/c1-25(2)16-8-7-9-17-22(16)30-23-18(25)10-14(28)12-20(23)27(5,6)21-13-15(29)11-19(24(21)30)26(17,3)4;1-25(2)16-10-7-12-18-22(16)28-23-17(25)11-8-13-19(23)27(5,6)21-15-9-14-20(24(21)28)26(18,3)4;2-1(3)4/h7-13H,1-6H3;7-15H,1-6H3;1H. The summed E-state index contributed by atoms with van der Waals surface area (Å²) in [6.45, 7) is 28.8. The molecule has 0 fully saturated rings. The van der Waals surface area contributed by atoms with Gasteiger partial charge in [-0.15, -0.1) is 0 Å².